The molecule has 0 saturated heterocycles. The number of carbonyl (C=O) groups is 1. The van der Waals surface area contributed by atoms with E-state index in [9.17, 15) is 4.79 Å². The highest BCUT2D eigenvalue weighted by Gasteiger charge is 2.16. The molecule has 0 bridgehead atoms. The molecule has 2 rings (SSSR count). The minimum absolute atomic E-state index is 0.0722. The number of ether oxygens (including phenoxy) is 1. The third-order valence-corrected chi connectivity index (χ3v) is 2.81. The maximum Gasteiger partial charge on any atom is 0.245 e. The van der Waals surface area contributed by atoms with Crippen molar-refractivity contribution < 1.29 is 9.53 Å². The SMILES string of the molecule is CC(C)(C)c1cccc(OCC2=NNC(=O)C2)c1. The van der Waals surface area contributed by atoms with E-state index in [2.05, 4.69) is 37.4 Å². The molecule has 0 unspecified atom stereocenters. The van der Waals surface area contributed by atoms with E-state index >= 15 is 0 Å². The van der Waals surface area contributed by atoms with Gasteiger partial charge < -0.3 is 4.74 Å². The quantitative estimate of drug-likeness (QED) is 0.889. The highest BCUT2D eigenvalue weighted by Crippen LogP contribution is 2.25. The molecule has 0 spiro atoms. The van der Waals surface area contributed by atoms with Gasteiger partial charge in [-0.1, -0.05) is 32.9 Å². The molecule has 1 aliphatic rings. The van der Waals surface area contributed by atoms with E-state index in [0.29, 0.717) is 13.0 Å². The van der Waals surface area contributed by atoms with E-state index in [-0.39, 0.29) is 11.3 Å². The summed E-state index contributed by atoms with van der Waals surface area (Å²) in [5, 5.41) is 3.90. The number of benzene rings is 1. The largest absolute Gasteiger partial charge is 0.488 e. The first-order valence-corrected chi connectivity index (χ1v) is 6.03. The van der Waals surface area contributed by atoms with E-state index in [1.54, 1.807) is 0 Å². The number of hydrazone groups is 1. The van der Waals surface area contributed by atoms with Crippen molar-refractivity contribution in [3.63, 3.8) is 0 Å². The van der Waals surface area contributed by atoms with Gasteiger partial charge in [0.2, 0.25) is 5.91 Å². The van der Waals surface area contributed by atoms with E-state index < -0.39 is 0 Å². The Morgan fingerprint density at radius 1 is 1.39 bits per heavy atom. The van der Waals surface area contributed by atoms with Crippen LogP contribution in [-0.2, 0) is 10.2 Å². The third-order valence-electron chi connectivity index (χ3n) is 2.81. The summed E-state index contributed by atoms with van der Waals surface area (Å²) in [6, 6.07) is 8.02. The molecular formula is C14H18N2O2. The fraction of sp³-hybridized carbons (Fsp3) is 0.429. The molecule has 4 nitrogen and oxygen atoms in total. The van der Waals surface area contributed by atoms with Gasteiger partial charge in [-0.25, -0.2) is 5.43 Å². The number of carbonyl (C=O) groups excluding carboxylic acids is 1. The summed E-state index contributed by atoms with van der Waals surface area (Å²) in [6.45, 7) is 6.84. The first kappa shape index (κ1) is 12.6. The minimum Gasteiger partial charge on any atom is -0.488 e. The molecule has 0 aliphatic carbocycles. The number of nitrogens with zero attached hydrogens (tertiary/aromatic N) is 1. The molecular weight excluding hydrogens is 228 g/mol. The van der Waals surface area contributed by atoms with Crippen LogP contribution in [0, 0.1) is 0 Å². The number of nitrogens with one attached hydrogen (secondary N) is 1. The molecule has 0 aromatic heterocycles. The number of hydrogen-bond acceptors (Lipinski definition) is 3. The first-order chi connectivity index (χ1) is 8.45. The maximum absolute atomic E-state index is 11.0. The van der Waals surface area contributed by atoms with Crippen LogP contribution in [0.5, 0.6) is 5.75 Å². The molecule has 0 fully saturated rings. The normalized spacial score (nSPS) is 15.3. The Balaban J connectivity index is 2.00. The van der Waals surface area contributed by atoms with Crippen LogP contribution < -0.4 is 10.2 Å². The lowest BCUT2D eigenvalue weighted by Crippen LogP contribution is -2.13. The highest BCUT2D eigenvalue weighted by molar-refractivity contribution is 6.05. The van der Waals surface area contributed by atoms with E-state index in [4.69, 9.17) is 4.74 Å². The molecule has 1 aromatic carbocycles. The van der Waals surface area contributed by atoms with Gasteiger partial charge in [-0.2, -0.15) is 5.10 Å². The van der Waals surface area contributed by atoms with Gasteiger partial charge in [0.25, 0.3) is 0 Å². The molecule has 1 N–H and O–H groups in total. The van der Waals surface area contributed by atoms with Crippen molar-refractivity contribution in [2.45, 2.75) is 32.6 Å². The zero-order valence-corrected chi connectivity index (χ0v) is 11.0. The molecule has 1 aliphatic heterocycles. The Morgan fingerprint density at radius 2 is 2.17 bits per heavy atom. The highest BCUT2D eigenvalue weighted by atomic mass is 16.5. The zero-order chi connectivity index (χ0) is 13.2. The Kier molecular flexibility index (Phi) is 3.36. The van der Waals surface area contributed by atoms with E-state index in [1.807, 2.05) is 18.2 Å². The predicted octanol–water partition coefficient (Wildman–Crippen LogP) is 2.24. The monoisotopic (exact) mass is 246 g/mol. The molecule has 0 radical (unpaired) electrons. The first-order valence-electron chi connectivity index (χ1n) is 6.03. The van der Waals surface area contributed by atoms with Crippen LogP contribution in [0.25, 0.3) is 0 Å². The van der Waals surface area contributed by atoms with Crippen LogP contribution in [0.3, 0.4) is 0 Å². The van der Waals surface area contributed by atoms with Crippen molar-refractivity contribution in [2.75, 3.05) is 6.61 Å². The topological polar surface area (TPSA) is 50.7 Å². The molecule has 1 heterocycles. The van der Waals surface area contributed by atoms with E-state index in [0.717, 1.165) is 11.5 Å². The van der Waals surface area contributed by atoms with Gasteiger partial charge >= 0.3 is 0 Å². The van der Waals surface area contributed by atoms with Gasteiger partial charge in [0, 0.05) is 0 Å². The van der Waals surface area contributed by atoms with Crippen molar-refractivity contribution in [3.8, 4) is 5.75 Å². The van der Waals surface area contributed by atoms with Crippen molar-refractivity contribution in [1.29, 1.82) is 0 Å². The van der Waals surface area contributed by atoms with Crippen LogP contribution in [0.15, 0.2) is 29.4 Å². The fourth-order valence-electron chi connectivity index (χ4n) is 1.71. The summed E-state index contributed by atoms with van der Waals surface area (Å²) in [5.41, 5.74) is 4.47. The maximum atomic E-state index is 11.0. The molecule has 1 amide bonds. The fourth-order valence-corrected chi connectivity index (χ4v) is 1.71. The van der Waals surface area contributed by atoms with Crippen LogP contribution >= 0.6 is 0 Å². The average molecular weight is 246 g/mol. The third kappa shape index (κ3) is 3.09. The summed E-state index contributed by atoms with van der Waals surface area (Å²) < 4.78 is 5.65. The second-order valence-electron chi connectivity index (χ2n) is 5.46. The number of rotatable bonds is 3. The smallest absolute Gasteiger partial charge is 0.245 e. The van der Waals surface area contributed by atoms with Crippen LogP contribution in [0.2, 0.25) is 0 Å². The Morgan fingerprint density at radius 3 is 2.78 bits per heavy atom. The molecule has 0 saturated carbocycles. The average Bonchev–Trinajstić information content (AvgIpc) is 2.72. The van der Waals surface area contributed by atoms with Crippen LogP contribution in [0.4, 0.5) is 0 Å². The summed E-state index contributed by atoms with van der Waals surface area (Å²) in [6.07, 6.45) is 0.332. The van der Waals surface area contributed by atoms with Crippen LogP contribution in [-0.4, -0.2) is 18.2 Å². The molecule has 96 valence electrons. The van der Waals surface area contributed by atoms with Crippen LogP contribution in [0.1, 0.15) is 32.8 Å². The second-order valence-corrected chi connectivity index (χ2v) is 5.46. The predicted molar refractivity (Wildman–Crippen MR) is 70.8 cm³/mol. The lowest BCUT2D eigenvalue weighted by Gasteiger charge is -2.19. The second kappa shape index (κ2) is 4.80. The van der Waals surface area contributed by atoms with Gasteiger partial charge in [-0.3, -0.25) is 4.79 Å². The Labute approximate surface area is 107 Å². The van der Waals surface area contributed by atoms with Gasteiger partial charge in [-0.15, -0.1) is 0 Å². The van der Waals surface area contributed by atoms with Crippen molar-refractivity contribution in [2.24, 2.45) is 5.10 Å². The summed E-state index contributed by atoms with van der Waals surface area (Å²) in [4.78, 5) is 11.0. The van der Waals surface area contributed by atoms with Crippen molar-refractivity contribution in [1.82, 2.24) is 5.43 Å². The van der Waals surface area contributed by atoms with Gasteiger partial charge in [-0.05, 0) is 23.1 Å². The lowest BCUT2D eigenvalue weighted by molar-refractivity contribution is -0.119. The van der Waals surface area contributed by atoms with Gasteiger partial charge in [0.15, 0.2) is 0 Å². The molecule has 0 atom stereocenters. The summed E-state index contributed by atoms with van der Waals surface area (Å²) in [5.74, 6) is 0.738. The molecule has 1 aromatic rings. The van der Waals surface area contributed by atoms with Gasteiger partial charge in [0.05, 0.1) is 12.1 Å². The summed E-state index contributed by atoms with van der Waals surface area (Å²) >= 11 is 0. The van der Waals surface area contributed by atoms with Crippen molar-refractivity contribution >= 4 is 11.6 Å². The molecule has 18 heavy (non-hydrogen) atoms. The van der Waals surface area contributed by atoms with Gasteiger partial charge in [0.1, 0.15) is 12.4 Å². The Bertz CT molecular complexity index is 487. The summed E-state index contributed by atoms with van der Waals surface area (Å²) in [7, 11) is 0. The number of hydrogen-bond donors (Lipinski definition) is 1. The minimum atomic E-state index is -0.0722. The number of amides is 1. The van der Waals surface area contributed by atoms with E-state index in [1.165, 1.54) is 5.56 Å². The van der Waals surface area contributed by atoms with Crippen molar-refractivity contribution in [3.05, 3.63) is 29.8 Å². The lowest BCUT2D eigenvalue weighted by atomic mass is 9.87. The molecule has 4 heteroatoms. The Hall–Kier alpha value is -1.84. The zero-order valence-electron chi connectivity index (χ0n) is 11.0. The standard InChI is InChI=1S/C14H18N2O2/c1-14(2,3)10-5-4-6-12(7-10)18-9-11-8-13(17)16-15-11/h4-7H,8-9H2,1-3H3,(H,16,17).